The highest BCUT2D eigenvalue weighted by molar-refractivity contribution is 7.22. The molecule has 0 radical (unpaired) electrons. The van der Waals surface area contributed by atoms with E-state index >= 15 is 0 Å². The SMILES string of the molecule is C=Cc1c(/C=C\C)n(-c2ccccc2)c2ccc(-c3ccc(N(c4ccc(-c5cc6ccccc6s5)cc4)c4ccc5c(c4)C(C)(C)c4ccc(-c6ccc7cc(-c8ccc(N(c9ccc(-c%10ccc%11c(c%10)c%10ccccc%10n%11-c%10ccccc%10)cc9)c9ccc%10c(c9)C(C)(C)c9ccccc9-%10)cc8)oc7c6)cc4-5)cc3)cc12. The van der Waals surface area contributed by atoms with Gasteiger partial charge in [-0.25, -0.2) is 0 Å². The lowest BCUT2D eigenvalue weighted by Gasteiger charge is -2.28. The number of para-hydroxylation sites is 3. The lowest BCUT2D eigenvalue weighted by Crippen LogP contribution is -2.16. The van der Waals surface area contributed by atoms with Crippen molar-refractivity contribution >= 4 is 111 Å². The van der Waals surface area contributed by atoms with Crippen molar-refractivity contribution in [3.8, 4) is 88.8 Å². The first-order chi connectivity index (χ1) is 55.4. The Morgan fingerprint density at radius 3 is 1.43 bits per heavy atom. The Hall–Kier alpha value is -13.8. The number of benzene rings is 15. The van der Waals surface area contributed by atoms with Gasteiger partial charge in [-0.15, -0.1) is 11.3 Å². The van der Waals surface area contributed by atoms with Crippen molar-refractivity contribution < 1.29 is 4.42 Å². The summed E-state index contributed by atoms with van der Waals surface area (Å²) in [6.07, 6.45) is 6.29. The lowest BCUT2D eigenvalue weighted by atomic mass is 9.82. The molecule has 0 atom stereocenters. The van der Waals surface area contributed by atoms with E-state index in [9.17, 15) is 0 Å². The van der Waals surface area contributed by atoms with Gasteiger partial charge in [0.25, 0.3) is 0 Å². The van der Waals surface area contributed by atoms with E-state index in [1.54, 1.807) is 0 Å². The molecule has 0 aliphatic heterocycles. The van der Waals surface area contributed by atoms with Crippen molar-refractivity contribution in [3.63, 3.8) is 0 Å². The van der Waals surface area contributed by atoms with Crippen LogP contribution in [0.25, 0.3) is 155 Å². The van der Waals surface area contributed by atoms with Crippen LogP contribution in [-0.4, -0.2) is 9.13 Å². The van der Waals surface area contributed by atoms with E-state index in [0.717, 1.165) is 112 Å². The van der Waals surface area contributed by atoms with Crippen LogP contribution in [0.1, 0.15) is 68.1 Å². The van der Waals surface area contributed by atoms with Gasteiger partial charge in [0, 0.05) is 98.6 Å². The molecule has 2 aliphatic carbocycles. The highest BCUT2D eigenvalue weighted by atomic mass is 32.1. The summed E-state index contributed by atoms with van der Waals surface area (Å²) in [4.78, 5) is 6.08. The molecule has 0 N–H and O–H groups in total. The maximum atomic E-state index is 6.91. The summed E-state index contributed by atoms with van der Waals surface area (Å²) >= 11 is 1.84. The van der Waals surface area contributed by atoms with E-state index < -0.39 is 0 Å². The molecule has 4 heterocycles. The van der Waals surface area contributed by atoms with Crippen LogP contribution in [0.3, 0.4) is 0 Å². The Morgan fingerprint density at radius 2 is 0.805 bits per heavy atom. The first kappa shape index (κ1) is 67.3. The fourth-order valence-electron chi connectivity index (χ4n) is 18.3. The van der Waals surface area contributed by atoms with Gasteiger partial charge in [0.1, 0.15) is 11.3 Å². The number of nitrogens with zero attached hydrogens (tertiary/aromatic N) is 4. The topological polar surface area (TPSA) is 29.5 Å². The molecule has 0 fully saturated rings. The van der Waals surface area contributed by atoms with Crippen LogP contribution in [0.15, 0.2) is 369 Å². The van der Waals surface area contributed by atoms with Gasteiger partial charge in [-0.2, -0.15) is 0 Å². The van der Waals surface area contributed by atoms with Crippen molar-refractivity contribution in [3.05, 3.63) is 398 Å². The summed E-state index contributed by atoms with van der Waals surface area (Å²) in [6, 6.07) is 130. The lowest BCUT2D eigenvalue weighted by molar-refractivity contribution is 0.631. The Morgan fingerprint density at radius 1 is 0.336 bits per heavy atom. The molecule has 21 rings (SSSR count). The summed E-state index contributed by atoms with van der Waals surface area (Å²) in [5.74, 6) is 0.826. The van der Waals surface area contributed by atoms with Crippen molar-refractivity contribution in [2.24, 2.45) is 0 Å². The average molecular weight is 1470 g/mol. The van der Waals surface area contributed by atoms with Gasteiger partial charge in [-0.3, -0.25) is 0 Å². The van der Waals surface area contributed by atoms with E-state index in [1.165, 1.54) is 97.8 Å². The molecule has 4 aromatic heterocycles. The van der Waals surface area contributed by atoms with Gasteiger partial charge in [-0.1, -0.05) is 228 Å². The van der Waals surface area contributed by atoms with Crippen LogP contribution in [-0.2, 0) is 10.8 Å². The zero-order chi connectivity index (χ0) is 75.8. The first-order valence-corrected chi connectivity index (χ1v) is 39.9. The highest BCUT2D eigenvalue weighted by Crippen LogP contribution is 2.54. The van der Waals surface area contributed by atoms with Crippen LogP contribution in [0.2, 0.25) is 0 Å². The molecule has 0 saturated heterocycles. The number of allylic oxidation sites excluding steroid dienone is 1. The van der Waals surface area contributed by atoms with Gasteiger partial charge < -0.3 is 23.4 Å². The third-order valence-corrected chi connectivity index (χ3v) is 25.2. The van der Waals surface area contributed by atoms with Gasteiger partial charge >= 0.3 is 0 Å². The normalized spacial score (nSPS) is 13.1. The first-order valence-electron chi connectivity index (χ1n) is 39.1. The van der Waals surface area contributed by atoms with Crippen molar-refractivity contribution in [2.45, 2.75) is 45.4 Å². The van der Waals surface area contributed by atoms with Gasteiger partial charge in [-0.05, 0) is 272 Å². The average Bonchev–Trinajstić information content (AvgIpc) is 1.57. The molecule has 0 spiro atoms. The Kier molecular flexibility index (Phi) is 15.8. The maximum Gasteiger partial charge on any atom is 0.135 e. The second kappa shape index (κ2) is 26.5. The van der Waals surface area contributed by atoms with Gasteiger partial charge in [0.15, 0.2) is 0 Å². The van der Waals surface area contributed by atoms with E-state index in [1.807, 2.05) is 17.4 Å². The predicted molar refractivity (Wildman–Crippen MR) is 479 cm³/mol. The third-order valence-electron chi connectivity index (χ3n) is 24.0. The number of fused-ring (bicyclic) bond motifs is 12. The molecule has 19 aromatic rings. The summed E-state index contributed by atoms with van der Waals surface area (Å²) < 4.78 is 12.9. The number of rotatable bonds is 15. The number of aromatic nitrogens is 2. The Labute approximate surface area is 662 Å². The fraction of sp³-hybridized carbons (Fsp3) is 0.0654. The molecule has 538 valence electrons. The molecule has 6 heteroatoms. The smallest absolute Gasteiger partial charge is 0.135 e. The number of hydrogen-bond acceptors (Lipinski definition) is 4. The summed E-state index contributed by atoms with van der Waals surface area (Å²) in [7, 11) is 0. The maximum absolute atomic E-state index is 6.91. The van der Waals surface area contributed by atoms with Crippen molar-refractivity contribution in [2.75, 3.05) is 9.80 Å². The molecule has 0 unspecified atom stereocenters. The van der Waals surface area contributed by atoms with E-state index in [4.69, 9.17) is 4.42 Å². The molecule has 113 heavy (non-hydrogen) atoms. The molecular formula is C107H78N4OS. The summed E-state index contributed by atoms with van der Waals surface area (Å²) in [5, 5.41) is 5.97. The zero-order valence-electron chi connectivity index (χ0n) is 63.5. The molecule has 2 aliphatic rings. The fourth-order valence-corrected chi connectivity index (χ4v) is 19.4. The molecular weight excluding hydrogens is 1390 g/mol. The molecule has 15 aromatic carbocycles. The summed E-state index contributed by atoms with van der Waals surface area (Å²) in [5.41, 5.74) is 34.5. The van der Waals surface area contributed by atoms with Crippen LogP contribution in [0.5, 0.6) is 0 Å². The quantitative estimate of drug-likeness (QED) is 0.102. The highest BCUT2D eigenvalue weighted by Gasteiger charge is 2.38. The van der Waals surface area contributed by atoms with E-state index in [0.29, 0.717) is 0 Å². The minimum absolute atomic E-state index is 0.166. The molecule has 5 nitrogen and oxygen atoms in total. The number of anilines is 6. The van der Waals surface area contributed by atoms with Gasteiger partial charge in [0.2, 0.25) is 0 Å². The minimum Gasteiger partial charge on any atom is -0.456 e. The van der Waals surface area contributed by atoms with E-state index in [-0.39, 0.29) is 10.8 Å². The zero-order valence-corrected chi connectivity index (χ0v) is 64.3. The van der Waals surface area contributed by atoms with Crippen molar-refractivity contribution in [1.82, 2.24) is 9.13 Å². The van der Waals surface area contributed by atoms with Crippen molar-refractivity contribution in [1.29, 1.82) is 0 Å². The monoisotopic (exact) mass is 1470 g/mol. The summed E-state index contributed by atoms with van der Waals surface area (Å²) in [6.45, 7) is 15.9. The second-order valence-corrected chi connectivity index (χ2v) is 32.3. The number of thiophene rings is 1. The Bertz CT molecular complexity index is 7010. The van der Waals surface area contributed by atoms with Crippen LogP contribution in [0, 0.1) is 0 Å². The molecule has 0 bridgehead atoms. The van der Waals surface area contributed by atoms with Gasteiger partial charge in [0.05, 0.1) is 22.2 Å². The second-order valence-electron chi connectivity index (χ2n) is 31.2. The molecule has 0 saturated carbocycles. The molecule has 0 amide bonds. The largest absolute Gasteiger partial charge is 0.456 e. The third kappa shape index (κ3) is 11.1. The predicted octanol–water partition coefficient (Wildman–Crippen LogP) is 30.3. The minimum atomic E-state index is -0.277. The standard InChI is InChI=1S/C107H78N4OS/c1-7-21-98-86(8-2)92-61-72(43-58-100(92)110(98)78-23-11-9-12-24-78)68-34-45-81(46-35-68)109(83-51-40-71(41-52-83)105-65-77-22-15-20-31-104(77)113-105)85-54-56-89-91-60-74(42-57-95(91)107(5,6)97(89)67-85)75-32-33-76-64-102(112-103(76)63-75)70-38-49-82(50-39-70)108(84-53-55-88-87-27-16-18-29-94(87)106(3,4)96(88)66-84)80-47-36-69(37-48-80)73-44-59-101-93(62-73)90-28-17-19-30-99(90)111(101)79-25-13-10-14-26-79/h7-67H,2H2,1,3-6H3/b21-7-. The number of hydrogen-bond donors (Lipinski definition) is 0. The number of furan rings is 1. The van der Waals surface area contributed by atoms with E-state index in [2.05, 4.69) is 424 Å². The Balaban J connectivity index is 0.590. The van der Waals surface area contributed by atoms with Crippen LogP contribution >= 0.6 is 11.3 Å². The van der Waals surface area contributed by atoms with Crippen LogP contribution < -0.4 is 9.80 Å². The van der Waals surface area contributed by atoms with Crippen LogP contribution in [0.4, 0.5) is 34.1 Å².